The SMILES string of the molecule is Cc1nc(CN2CCN(C(=O)c3ccc(S(=O)(=O)Nc4ccccc4)cc3)CC2)cs1. The van der Waals surface area contributed by atoms with E-state index in [4.69, 9.17) is 0 Å². The highest BCUT2D eigenvalue weighted by atomic mass is 32.2. The Labute approximate surface area is 186 Å². The number of amides is 1. The van der Waals surface area contributed by atoms with Crippen LogP contribution in [0.5, 0.6) is 0 Å². The molecule has 9 heteroatoms. The van der Waals surface area contributed by atoms with E-state index in [0.717, 1.165) is 30.3 Å². The summed E-state index contributed by atoms with van der Waals surface area (Å²) < 4.78 is 27.7. The van der Waals surface area contributed by atoms with Crippen LogP contribution in [0.3, 0.4) is 0 Å². The first kappa shape index (κ1) is 21.5. The van der Waals surface area contributed by atoms with Crippen molar-refractivity contribution in [2.24, 2.45) is 0 Å². The molecule has 2 aromatic carbocycles. The summed E-state index contributed by atoms with van der Waals surface area (Å²) in [5.74, 6) is -0.0795. The number of aryl methyl sites for hydroxylation is 1. The van der Waals surface area contributed by atoms with Crippen molar-refractivity contribution in [3.05, 3.63) is 76.2 Å². The molecule has 0 atom stereocenters. The fourth-order valence-corrected chi connectivity index (χ4v) is 5.16. The van der Waals surface area contributed by atoms with E-state index >= 15 is 0 Å². The fourth-order valence-electron chi connectivity index (χ4n) is 3.50. The molecule has 0 aliphatic carbocycles. The standard InChI is InChI=1S/C22H24N4O3S2/c1-17-23-20(16-30-17)15-25-11-13-26(14-12-25)22(27)18-7-9-21(10-8-18)31(28,29)24-19-5-3-2-4-6-19/h2-10,16,24H,11-15H2,1H3. The van der Waals surface area contributed by atoms with E-state index in [2.05, 4.69) is 20.0 Å². The number of rotatable bonds is 6. The molecule has 1 aromatic heterocycles. The van der Waals surface area contributed by atoms with Crippen molar-refractivity contribution in [2.45, 2.75) is 18.4 Å². The summed E-state index contributed by atoms with van der Waals surface area (Å²) >= 11 is 1.65. The molecule has 1 saturated heterocycles. The largest absolute Gasteiger partial charge is 0.336 e. The molecular weight excluding hydrogens is 432 g/mol. The van der Waals surface area contributed by atoms with E-state index in [9.17, 15) is 13.2 Å². The Hall–Kier alpha value is -2.75. The maximum Gasteiger partial charge on any atom is 0.261 e. The molecule has 0 bridgehead atoms. The van der Waals surface area contributed by atoms with Gasteiger partial charge in [-0.25, -0.2) is 13.4 Å². The number of hydrogen-bond acceptors (Lipinski definition) is 6. The number of carbonyl (C=O) groups excluding carboxylic acids is 1. The first-order chi connectivity index (χ1) is 14.9. The van der Waals surface area contributed by atoms with E-state index in [1.807, 2.05) is 17.9 Å². The lowest BCUT2D eigenvalue weighted by atomic mass is 10.2. The number of carbonyl (C=O) groups is 1. The van der Waals surface area contributed by atoms with E-state index in [0.29, 0.717) is 24.3 Å². The number of thiazole rings is 1. The molecule has 2 heterocycles. The molecule has 0 unspecified atom stereocenters. The third kappa shape index (κ3) is 5.30. The molecule has 31 heavy (non-hydrogen) atoms. The Morgan fingerprint density at radius 3 is 2.32 bits per heavy atom. The van der Waals surface area contributed by atoms with Gasteiger partial charge in [-0.2, -0.15) is 0 Å². The molecule has 162 valence electrons. The van der Waals surface area contributed by atoms with Crippen LogP contribution in [0.15, 0.2) is 64.9 Å². The third-order valence-corrected chi connectivity index (χ3v) is 7.37. The van der Waals surface area contributed by atoms with Crippen LogP contribution in [-0.4, -0.2) is 55.3 Å². The van der Waals surface area contributed by atoms with Gasteiger partial charge in [0.1, 0.15) is 0 Å². The minimum atomic E-state index is -3.70. The number of anilines is 1. The van der Waals surface area contributed by atoms with Crippen molar-refractivity contribution < 1.29 is 13.2 Å². The predicted molar refractivity (Wildman–Crippen MR) is 122 cm³/mol. The second-order valence-electron chi connectivity index (χ2n) is 7.42. The van der Waals surface area contributed by atoms with Gasteiger partial charge in [0.05, 0.1) is 15.6 Å². The Kier molecular flexibility index (Phi) is 6.35. The van der Waals surface area contributed by atoms with Gasteiger partial charge in [0, 0.05) is 49.4 Å². The topological polar surface area (TPSA) is 82.6 Å². The van der Waals surface area contributed by atoms with Crippen LogP contribution in [0.2, 0.25) is 0 Å². The first-order valence-corrected chi connectivity index (χ1v) is 12.4. The van der Waals surface area contributed by atoms with Crippen LogP contribution in [0.25, 0.3) is 0 Å². The van der Waals surface area contributed by atoms with Crippen LogP contribution in [0.4, 0.5) is 5.69 Å². The molecule has 1 N–H and O–H groups in total. The van der Waals surface area contributed by atoms with Crippen molar-refractivity contribution in [1.29, 1.82) is 0 Å². The number of aromatic nitrogens is 1. The highest BCUT2D eigenvalue weighted by molar-refractivity contribution is 7.92. The quantitative estimate of drug-likeness (QED) is 0.616. The maximum atomic E-state index is 12.9. The number of hydrogen-bond donors (Lipinski definition) is 1. The fraction of sp³-hybridized carbons (Fsp3) is 0.273. The number of sulfonamides is 1. The van der Waals surface area contributed by atoms with Crippen molar-refractivity contribution in [1.82, 2.24) is 14.8 Å². The monoisotopic (exact) mass is 456 g/mol. The van der Waals surface area contributed by atoms with Crippen LogP contribution in [0, 0.1) is 6.92 Å². The van der Waals surface area contributed by atoms with Crippen molar-refractivity contribution in [3.63, 3.8) is 0 Å². The highest BCUT2D eigenvalue weighted by Crippen LogP contribution is 2.18. The normalized spacial score (nSPS) is 15.1. The summed E-state index contributed by atoms with van der Waals surface area (Å²) in [6.07, 6.45) is 0. The van der Waals surface area contributed by atoms with Gasteiger partial charge >= 0.3 is 0 Å². The van der Waals surface area contributed by atoms with E-state index in [-0.39, 0.29) is 10.8 Å². The van der Waals surface area contributed by atoms with Crippen LogP contribution in [-0.2, 0) is 16.6 Å². The Morgan fingerprint density at radius 1 is 1.03 bits per heavy atom. The second-order valence-corrected chi connectivity index (χ2v) is 10.2. The Bertz CT molecular complexity index is 1140. The summed E-state index contributed by atoms with van der Waals surface area (Å²) in [5.41, 5.74) is 2.05. The molecule has 1 aliphatic heterocycles. The summed E-state index contributed by atoms with van der Waals surface area (Å²) in [6, 6.07) is 14.8. The average Bonchev–Trinajstić information content (AvgIpc) is 3.19. The number of nitrogens with one attached hydrogen (secondary N) is 1. The number of benzene rings is 2. The Balaban J connectivity index is 1.35. The molecule has 0 spiro atoms. The highest BCUT2D eigenvalue weighted by Gasteiger charge is 2.23. The molecular formula is C22H24N4O3S2. The van der Waals surface area contributed by atoms with Gasteiger partial charge in [-0.3, -0.25) is 14.4 Å². The van der Waals surface area contributed by atoms with Gasteiger partial charge in [0.2, 0.25) is 0 Å². The second kappa shape index (κ2) is 9.17. The third-order valence-electron chi connectivity index (χ3n) is 5.15. The smallest absolute Gasteiger partial charge is 0.261 e. The zero-order chi connectivity index (χ0) is 21.8. The predicted octanol–water partition coefficient (Wildman–Crippen LogP) is 3.21. The zero-order valence-electron chi connectivity index (χ0n) is 17.2. The zero-order valence-corrected chi connectivity index (χ0v) is 18.8. The van der Waals surface area contributed by atoms with Crippen LogP contribution < -0.4 is 4.72 Å². The minimum absolute atomic E-state index is 0.0795. The van der Waals surface area contributed by atoms with Gasteiger partial charge in [-0.05, 0) is 43.3 Å². The lowest BCUT2D eigenvalue weighted by Gasteiger charge is -2.34. The van der Waals surface area contributed by atoms with Crippen molar-refractivity contribution in [3.8, 4) is 0 Å². The molecule has 1 aliphatic rings. The van der Waals surface area contributed by atoms with Crippen molar-refractivity contribution in [2.75, 3.05) is 30.9 Å². The molecule has 0 radical (unpaired) electrons. The van der Waals surface area contributed by atoms with Crippen molar-refractivity contribution >= 4 is 33.0 Å². The summed E-state index contributed by atoms with van der Waals surface area (Å²) in [7, 11) is -3.70. The van der Waals surface area contributed by atoms with E-state index in [1.54, 1.807) is 47.7 Å². The number of piperazine rings is 1. The van der Waals surface area contributed by atoms with E-state index < -0.39 is 10.0 Å². The molecule has 7 nitrogen and oxygen atoms in total. The molecule has 1 amide bonds. The van der Waals surface area contributed by atoms with Crippen LogP contribution in [0.1, 0.15) is 21.1 Å². The van der Waals surface area contributed by atoms with Gasteiger partial charge < -0.3 is 4.90 Å². The molecule has 0 saturated carbocycles. The summed E-state index contributed by atoms with van der Waals surface area (Å²) in [6.45, 7) is 5.65. The Morgan fingerprint density at radius 2 is 1.71 bits per heavy atom. The molecule has 4 rings (SSSR count). The molecule has 3 aromatic rings. The van der Waals surface area contributed by atoms with Gasteiger partial charge in [-0.1, -0.05) is 18.2 Å². The number of para-hydroxylation sites is 1. The lowest BCUT2D eigenvalue weighted by Crippen LogP contribution is -2.48. The maximum absolute atomic E-state index is 12.9. The van der Waals surface area contributed by atoms with E-state index in [1.165, 1.54) is 12.1 Å². The average molecular weight is 457 g/mol. The van der Waals surface area contributed by atoms with Gasteiger partial charge in [0.25, 0.3) is 15.9 Å². The first-order valence-electron chi connectivity index (χ1n) is 10.0. The minimum Gasteiger partial charge on any atom is -0.336 e. The van der Waals surface area contributed by atoms with Gasteiger partial charge in [-0.15, -0.1) is 11.3 Å². The number of nitrogens with zero attached hydrogens (tertiary/aromatic N) is 3. The lowest BCUT2D eigenvalue weighted by molar-refractivity contribution is 0.0627. The molecule has 1 fully saturated rings. The van der Waals surface area contributed by atoms with Gasteiger partial charge in [0.15, 0.2) is 0 Å². The summed E-state index contributed by atoms with van der Waals surface area (Å²) in [5, 5.41) is 3.14. The van der Waals surface area contributed by atoms with Crippen LogP contribution >= 0.6 is 11.3 Å². The summed E-state index contributed by atoms with van der Waals surface area (Å²) in [4.78, 5) is 21.6.